The van der Waals surface area contributed by atoms with Crippen LogP contribution in [0.3, 0.4) is 0 Å². The predicted molar refractivity (Wildman–Crippen MR) is 70.0 cm³/mol. The summed E-state index contributed by atoms with van der Waals surface area (Å²) in [4.78, 5) is 0.0453. The van der Waals surface area contributed by atoms with Crippen LogP contribution in [0.25, 0.3) is 0 Å². The number of anilines is 1. The third-order valence-electron chi connectivity index (χ3n) is 2.73. The molecular weight excluding hydrogens is 276 g/mol. The fraction of sp³-hybridized carbons (Fsp3) is 0.455. The molecule has 0 saturated carbocycles. The molecule has 0 radical (unpaired) electrons. The average molecular weight is 291 g/mol. The lowest BCUT2D eigenvalue weighted by atomic mass is 10.1. The summed E-state index contributed by atoms with van der Waals surface area (Å²) in [6, 6.07) is 4.15. The third kappa shape index (κ3) is 3.14. The minimum Gasteiger partial charge on any atom is -0.399 e. The standard InChI is InChI=1S/C11H15ClN2O3S/c12-10-6-8(13)3-4-11(10)18(15,16)14-9-2-1-5-17-7-9/h3-4,6,9,14H,1-2,5,7,13H2. The van der Waals surface area contributed by atoms with Crippen LogP contribution in [-0.2, 0) is 14.8 Å². The van der Waals surface area contributed by atoms with Gasteiger partial charge in [-0.2, -0.15) is 0 Å². The van der Waals surface area contributed by atoms with E-state index in [4.69, 9.17) is 22.1 Å². The second-order valence-electron chi connectivity index (χ2n) is 4.23. The van der Waals surface area contributed by atoms with Crippen LogP contribution in [0, 0.1) is 0 Å². The number of hydrogen-bond acceptors (Lipinski definition) is 4. The normalized spacial score (nSPS) is 20.8. The molecule has 7 heteroatoms. The minimum atomic E-state index is -3.62. The molecule has 1 saturated heterocycles. The van der Waals surface area contributed by atoms with E-state index in [2.05, 4.69) is 4.72 Å². The van der Waals surface area contributed by atoms with Gasteiger partial charge in [-0.05, 0) is 31.0 Å². The Morgan fingerprint density at radius 2 is 2.22 bits per heavy atom. The SMILES string of the molecule is Nc1ccc(S(=O)(=O)NC2CCCOC2)c(Cl)c1. The van der Waals surface area contributed by atoms with Gasteiger partial charge in [0.25, 0.3) is 0 Å². The minimum absolute atomic E-state index is 0.0453. The number of nitrogen functional groups attached to an aromatic ring is 1. The van der Waals surface area contributed by atoms with Crippen molar-refractivity contribution in [1.29, 1.82) is 0 Å². The van der Waals surface area contributed by atoms with Crippen LogP contribution in [0.5, 0.6) is 0 Å². The molecule has 100 valence electrons. The van der Waals surface area contributed by atoms with Crippen molar-refractivity contribution >= 4 is 27.3 Å². The maximum atomic E-state index is 12.1. The zero-order valence-electron chi connectivity index (χ0n) is 9.73. The van der Waals surface area contributed by atoms with Gasteiger partial charge in [-0.1, -0.05) is 11.6 Å². The molecule has 5 nitrogen and oxygen atoms in total. The van der Waals surface area contributed by atoms with Crippen LogP contribution >= 0.6 is 11.6 Å². The van der Waals surface area contributed by atoms with Crippen molar-refractivity contribution in [3.63, 3.8) is 0 Å². The lowest BCUT2D eigenvalue weighted by Crippen LogP contribution is -2.40. The van der Waals surface area contributed by atoms with Crippen molar-refractivity contribution < 1.29 is 13.2 Å². The smallest absolute Gasteiger partial charge is 0.242 e. The van der Waals surface area contributed by atoms with Gasteiger partial charge in [0.15, 0.2) is 0 Å². The van der Waals surface area contributed by atoms with Gasteiger partial charge in [-0.3, -0.25) is 0 Å². The molecule has 0 bridgehead atoms. The van der Waals surface area contributed by atoms with Crippen LogP contribution < -0.4 is 10.5 Å². The molecule has 18 heavy (non-hydrogen) atoms. The van der Waals surface area contributed by atoms with Crippen LogP contribution in [0.1, 0.15) is 12.8 Å². The highest BCUT2D eigenvalue weighted by atomic mass is 35.5. The number of halogens is 1. The van der Waals surface area contributed by atoms with E-state index in [1.807, 2.05) is 0 Å². The number of hydrogen-bond donors (Lipinski definition) is 2. The molecule has 1 heterocycles. The van der Waals surface area contributed by atoms with E-state index in [9.17, 15) is 8.42 Å². The molecule has 1 aromatic carbocycles. The Morgan fingerprint density at radius 1 is 1.44 bits per heavy atom. The Balaban J connectivity index is 2.19. The molecule has 1 aliphatic rings. The van der Waals surface area contributed by atoms with Crippen molar-refractivity contribution in [3.8, 4) is 0 Å². The lowest BCUT2D eigenvalue weighted by Gasteiger charge is -2.23. The molecule has 0 amide bonds. The molecule has 0 aliphatic carbocycles. The van der Waals surface area contributed by atoms with Gasteiger partial charge in [0.2, 0.25) is 10.0 Å². The van der Waals surface area contributed by atoms with Crippen LogP contribution in [0.2, 0.25) is 5.02 Å². The quantitative estimate of drug-likeness (QED) is 0.824. The first-order valence-electron chi connectivity index (χ1n) is 5.64. The second kappa shape index (κ2) is 5.44. The summed E-state index contributed by atoms with van der Waals surface area (Å²) in [6.45, 7) is 1.08. The highest BCUT2D eigenvalue weighted by Crippen LogP contribution is 2.24. The van der Waals surface area contributed by atoms with E-state index >= 15 is 0 Å². The first-order valence-corrected chi connectivity index (χ1v) is 7.50. The van der Waals surface area contributed by atoms with E-state index in [1.54, 1.807) is 0 Å². The van der Waals surface area contributed by atoms with Gasteiger partial charge in [-0.15, -0.1) is 0 Å². The van der Waals surface area contributed by atoms with E-state index in [1.165, 1.54) is 18.2 Å². The molecular formula is C11H15ClN2O3S. The van der Waals surface area contributed by atoms with E-state index in [0.29, 0.717) is 18.9 Å². The second-order valence-corrected chi connectivity index (χ2v) is 6.31. The third-order valence-corrected chi connectivity index (χ3v) is 4.73. The molecule has 1 aliphatic heterocycles. The Kier molecular flexibility index (Phi) is 4.11. The largest absolute Gasteiger partial charge is 0.399 e. The molecule has 2 rings (SSSR count). The number of benzene rings is 1. The van der Waals surface area contributed by atoms with Crippen LogP contribution in [-0.4, -0.2) is 27.7 Å². The number of sulfonamides is 1. The summed E-state index contributed by atoms with van der Waals surface area (Å²) in [6.07, 6.45) is 1.62. The lowest BCUT2D eigenvalue weighted by molar-refractivity contribution is 0.0774. The summed E-state index contributed by atoms with van der Waals surface area (Å²) in [5, 5.41) is 0.124. The monoisotopic (exact) mass is 290 g/mol. The molecule has 0 aromatic heterocycles. The highest BCUT2D eigenvalue weighted by molar-refractivity contribution is 7.89. The maximum absolute atomic E-state index is 12.1. The number of rotatable bonds is 3. The van der Waals surface area contributed by atoms with E-state index in [-0.39, 0.29) is 16.0 Å². The van der Waals surface area contributed by atoms with Crippen molar-refractivity contribution in [2.24, 2.45) is 0 Å². The fourth-order valence-electron chi connectivity index (χ4n) is 1.85. The topological polar surface area (TPSA) is 81.4 Å². The van der Waals surface area contributed by atoms with Gasteiger partial charge in [0.05, 0.1) is 11.6 Å². The van der Waals surface area contributed by atoms with Crippen molar-refractivity contribution in [2.75, 3.05) is 18.9 Å². The fourth-order valence-corrected chi connectivity index (χ4v) is 3.66. The Labute approximate surface area is 111 Å². The zero-order chi connectivity index (χ0) is 13.2. The van der Waals surface area contributed by atoms with Crippen LogP contribution in [0.15, 0.2) is 23.1 Å². The van der Waals surface area contributed by atoms with E-state index < -0.39 is 10.0 Å². The summed E-state index contributed by atoms with van der Waals surface area (Å²) in [5.74, 6) is 0. The predicted octanol–water partition coefficient (Wildman–Crippen LogP) is 1.38. The average Bonchev–Trinajstić information content (AvgIpc) is 2.29. The van der Waals surface area contributed by atoms with Crippen molar-refractivity contribution in [1.82, 2.24) is 4.72 Å². The van der Waals surface area contributed by atoms with Gasteiger partial charge < -0.3 is 10.5 Å². The number of ether oxygens (including phenoxy) is 1. The van der Waals surface area contributed by atoms with Crippen LogP contribution in [0.4, 0.5) is 5.69 Å². The van der Waals surface area contributed by atoms with Gasteiger partial charge in [0, 0.05) is 18.3 Å². The Hall–Kier alpha value is -0.820. The highest BCUT2D eigenvalue weighted by Gasteiger charge is 2.24. The molecule has 1 unspecified atom stereocenters. The summed E-state index contributed by atoms with van der Waals surface area (Å²) >= 11 is 5.90. The van der Waals surface area contributed by atoms with Crippen molar-refractivity contribution in [2.45, 2.75) is 23.8 Å². The summed E-state index contributed by atoms with van der Waals surface area (Å²) < 4.78 is 32.1. The van der Waals surface area contributed by atoms with Gasteiger partial charge in [-0.25, -0.2) is 13.1 Å². The first kappa shape index (κ1) is 13.6. The number of nitrogens with one attached hydrogen (secondary N) is 1. The van der Waals surface area contributed by atoms with E-state index in [0.717, 1.165) is 12.8 Å². The summed E-state index contributed by atoms with van der Waals surface area (Å²) in [7, 11) is -3.62. The maximum Gasteiger partial charge on any atom is 0.242 e. The Bertz CT molecular complexity index is 527. The van der Waals surface area contributed by atoms with Gasteiger partial charge in [0.1, 0.15) is 4.90 Å². The molecule has 1 fully saturated rings. The molecule has 1 aromatic rings. The Morgan fingerprint density at radius 3 is 2.83 bits per heavy atom. The number of nitrogens with two attached hydrogens (primary N) is 1. The van der Waals surface area contributed by atoms with Crippen molar-refractivity contribution in [3.05, 3.63) is 23.2 Å². The molecule has 3 N–H and O–H groups in total. The summed E-state index contributed by atoms with van der Waals surface area (Å²) in [5.41, 5.74) is 5.97. The van der Waals surface area contributed by atoms with Gasteiger partial charge >= 0.3 is 0 Å². The zero-order valence-corrected chi connectivity index (χ0v) is 11.3. The first-order chi connectivity index (χ1) is 8.49. The molecule has 0 spiro atoms. The molecule has 1 atom stereocenters.